The van der Waals surface area contributed by atoms with Crippen LogP contribution in [0.4, 0.5) is 5.69 Å². The zero-order valence-electron chi connectivity index (χ0n) is 30.1. The Labute approximate surface area is 321 Å². The van der Waals surface area contributed by atoms with Gasteiger partial charge in [0, 0.05) is 47.7 Å². The number of aliphatic hydroxyl groups excluding tert-OH is 4. The number of carbonyl (C=O) groups is 2. The third-order valence-corrected chi connectivity index (χ3v) is 11.4. The molecule has 3 heterocycles. The number of phenols is 2. The molecule has 10 N–H and O–H groups in total. The molecule has 0 bridgehead atoms. The molecular weight excluding hydrogens is 728 g/mol. The van der Waals surface area contributed by atoms with E-state index in [1.165, 1.54) is 24.3 Å². The Morgan fingerprint density at radius 2 is 1.80 bits per heavy atom. The molecule has 1 aliphatic carbocycles. The van der Waals surface area contributed by atoms with E-state index in [1.54, 1.807) is 18.3 Å². The lowest BCUT2D eigenvalue weighted by atomic mass is 9.68. The highest BCUT2D eigenvalue weighted by molar-refractivity contribution is 6.32. The first-order chi connectivity index (χ1) is 26.8. The predicted octanol–water partition coefficient (Wildman–Crippen LogP) is 1.06. The van der Waals surface area contributed by atoms with Gasteiger partial charge in [0.05, 0.1) is 18.0 Å². The van der Waals surface area contributed by atoms with Crippen LogP contribution in [0.3, 0.4) is 0 Å². The van der Waals surface area contributed by atoms with Gasteiger partial charge in [0.25, 0.3) is 5.91 Å². The van der Waals surface area contributed by atoms with Gasteiger partial charge in [-0.25, -0.2) is 4.79 Å². The molecule has 0 spiro atoms. The Balaban J connectivity index is 1.30. The van der Waals surface area contributed by atoms with E-state index in [0.29, 0.717) is 42.8 Å². The normalized spacial score (nSPS) is 31.1. The van der Waals surface area contributed by atoms with E-state index < -0.39 is 77.7 Å². The molecule has 3 aromatic carbocycles. The molecule has 3 aromatic rings. The monoisotopic (exact) mass is 772 g/mol. The van der Waals surface area contributed by atoms with Gasteiger partial charge in [-0.3, -0.25) is 19.7 Å². The average molecular weight is 773 g/mol. The summed E-state index contributed by atoms with van der Waals surface area (Å²) in [7, 11) is 0. The van der Waals surface area contributed by atoms with Crippen molar-refractivity contribution in [3.8, 4) is 17.2 Å². The van der Waals surface area contributed by atoms with E-state index in [9.17, 15) is 50.4 Å². The largest absolute Gasteiger partial charge is 0.508 e. The van der Waals surface area contributed by atoms with Gasteiger partial charge in [-0.05, 0) is 60.2 Å². The highest BCUT2D eigenvalue weighted by Crippen LogP contribution is 2.54. The maximum atomic E-state index is 14.3. The smallest absolute Gasteiger partial charge is 0.355 e. The van der Waals surface area contributed by atoms with Crippen molar-refractivity contribution < 1.29 is 59.9 Å². The number of carbonyl (C=O) groups excluding carboxylic acids is 1. The number of ether oxygens (including phenoxy) is 2. The van der Waals surface area contributed by atoms with E-state index in [-0.39, 0.29) is 29.5 Å². The Bertz CT molecular complexity index is 2070. The molecule has 296 valence electrons. The number of aliphatic imine (C=N–C) groups is 2. The molecule has 7 rings (SSSR count). The number of aromatic hydroxyl groups is 2. The van der Waals surface area contributed by atoms with Gasteiger partial charge < -0.3 is 56.1 Å². The molecular formula is C40H44N4O12. The Hall–Kier alpha value is -5.20. The van der Waals surface area contributed by atoms with Crippen LogP contribution in [0.2, 0.25) is 0 Å². The molecule has 1 saturated heterocycles. The topological polar surface area (TPSA) is 268 Å². The van der Waals surface area contributed by atoms with Crippen molar-refractivity contribution in [2.45, 2.75) is 85.9 Å². The molecule has 16 heteroatoms. The molecule has 2 fully saturated rings. The lowest BCUT2D eigenvalue weighted by molar-refractivity contribution is -0.422. The minimum absolute atomic E-state index is 0.00209. The third kappa shape index (κ3) is 7.05. The number of rotatable bonds is 11. The first-order valence-electron chi connectivity index (χ1n) is 18.3. The number of phenolic OH excluding ortho intramolecular Hbond substituents is 2. The van der Waals surface area contributed by atoms with Crippen LogP contribution in [0.15, 0.2) is 76.7 Å². The number of hydrogen-bond acceptors (Lipinski definition) is 14. The second kappa shape index (κ2) is 15.4. The van der Waals surface area contributed by atoms with Crippen molar-refractivity contribution in [2.75, 3.05) is 18.2 Å². The number of carboxylic acid groups (broad SMARTS) is 1. The van der Waals surface area contributed by atoms with Crippen molar-refractivity contribution in [1.82, 2.24) is 0 Å². The molecule has 3 aliphatic heterocycles. The molecule has 0 unspecified atom stereocenters. The zero-order chi connectivity index (χ0) is 39.9. The van der Waals surface area contributed by atoms with Gasteiger partial charge in [-0.1, -0.05) is 42.8 Å². The maximum absolute atomic E-state index is 14.3. The molecule has 1 saturated carbocycles. The quantitative estimate of drug-likeness (QED) is 0.0976. The molecule has 0 radical (unpaired) electrons. The van der Waals surface area contributed by atoms with Crippen LogP contribution < -0.4 is 15.4 Å². The van der Waals surface area contributed by atoms with E-state index in [1.807, 2.05) is 30.3 Å². The number of nitrogens with two attached hydrogens (primary N) is 1. The number of carboxylic acids is 1. The number of aliphatic carboxylic acids is 1. The summed E-state index contributed by atoms with van der Waals surface area (Å²) < 4.78 is 10.8. The molecule has 4 aliphatic rings. The fourth-order valence-corrected chi connectivity index (χ4v) is 8.49. The van der Waals surface area contributed by atoms with Crippen LogP contribution in [0.25, 0.3) is 6.08 Å². The van der Waals surface area contributed by atoms with Crippen molar-refractivity contribution in [3.05, 3.63) is 89.0 Å². The van der Waals surface area contributed by atoms with Gasteiger partial charge in [-0.2, -0.15) is 0 Å². The van der Waals surface area contributed by atoms with E-state index >= 15 is 0 Å². The van der Waals surface area contributed by atoms with Gasteiger partial charge in [-0.15, -0.1) is 0 Å². The van der Waals surface area contributed by atoms with Crippen LogP contribution in [-0.4, -0.2) is 120 Å². The van der Waals surface area contributed by atoms with E-state index in [4.69, 9.17) is 15.2 Å². The molecule has 56 heavy (non-hydrogen) atoms. The SMILES string of the molecule is N[C@@H]1CCC[C@]1(C[C@@H]1c2cc(O)c(O[C@]3(O)O[C@H](CO)[C@@H](O)[C@H](O)[C@H]3O)cc2N(C(=O)/C=C/c2ccc(O)c(CC3=NCN=C3)c2)[C@H]1C(=O)O)c1ccccc1. The summed E-state index contributed by atoms with van der Waals surface area (Å²) in [5.41, 5.74) is 9.02. The van der Waals surface area contributed by atoms with Gasteiger partial charge in [0.2, 0.25) is 0 Å². The molecule has 0 aromatic heterocycles. The predicted molar refractivity (Wildman–Crippen MR) is 202 cm³/mol. The second-order valence-corrected chi connectivity index (χ2v) is 14.7. The number of nitrogens with zero attached hydrogens (tertiary/aromatic N) is 3. The Morgan fingerprint density at radius 3 is 2.46 bits per heavy atom. The van der Waals surface area contributed by atoms with Crippen molar-refractivity contribution >= 4 is 35.6 Å². The summed E-state index contributed by atoms with van der Waals surface area (Å²) in [6.45, 7) is -0.586. The number of anilines is 1. The summed E-state index contributed by atoms with van der Waals surface area (Å²) in [5, 5.41) is 84.9. The first-order valence-corrected chi connectivity index (χ1v) is 18.3. The van der Waals surface area contributed by atoms with Gasteiger partial charge in [0.1, 0.15) is 36.8 Å². The Kier molecular flexibility index (Phi) is 10.7. The summed E-state index contributed by atoms with van der Waals surface area (Å²) in [6.07, 6.45) is -0.922. The van der Waals surface area contributed by atoms with Crippen LogP contribution in [0, 0.1) is 0 Å². The fourth-order valence-electron chi connectivity index (χ4n) is 8.49. The van der Waals surface area contributed by atoms with Crippen LogP contribution in [0.1, 0.15) is 53.9 Å². The van der Waals surface area contributed by atoms with E-state index in [2.05, 4.69) is 9.98 Å². The van der Waals surface area contributed by atoms with E-state index in [0.717, 1.165) is 23.0 Å². The summed E-state index contributed by atoms with van der Waals surface area (Å²) >= 11 is 0. The number of aliphatic hydroxyl groups is 5. The van der Waals surface area contributed by atoms with Gasteiger partial charge in [0.15, 0.2) is 17.6 Å². The molecule has 16 nitrogen and oxygen atoms in total. The first kappa shape index (κ1) is 39.1. The van der Waals surface area contributed by atoms with Crippen LogP contribution >= 0.6 is 0 Å². The summed E-state index contributed by atoms with van der Waals surface area (Å²) in [4.78, 5) is 37.1. The fraction of sp³-hybridized carbons (Fsp3) is 0.400. The standard InChI is InChI=1S/C40H44N4O12/c41-32-7-4-12-39(32,23-5-2-1-3-6-23)17-26-25-15-29(47)30(55-40(54)37(51)36(50)35(49)31(19-45)56-40)16-27(25)44(34(26)38(52)53)33(48)11-9-21-8-10-28(46)22(13-21)14-24-18-42-20-43-24/h1-3,5-6,8-11,13,15-16,18,26,31-32,34-37,45-47,49-51,54H,4,7,12,14,17,19-20,41H2,(H,52,53)/b11-9+/t26-,31-,32-,34-,35-,36+,37-,39+,40+/m1/s1. The van der Waals surface area contributed by atoms with Crippen LogP contribution in [0.5, 0.6) is 17.2 Å². The minimum atomic E-state index is -3.11. The highest BCUT2D eigenvalue weighted by atomic mass is 16.8. The van der Waals surface area contributed by atoms with Crippen molar-refractivity contribution in [3.63, 3.8) is 0 Å². The number of benzene rings is 3. The molecule has 1 amide bonds. The number of hydrogen-bond donors (Lipinski definition) is 9. The summed E-state index contributed by atoms with van der Waals surface area (Å²) in [6, 6.07) is 14.7. The van der Waals surface area contributed by atoms with Crippen LogP contribution in [-0.2, 0) is 26.2 Å². The number of fused-ring (bicyclic) bond motifs is 1. The third-order valence-electron chi connectivity index (χ3n) is 11.4. The summed E-state index contributed by atoms with van der Waals surface area (Å²) in [5.74, 6) is -7.34. The van der Waals surface area contributed by atoms with Gasteiger partial charge >= 0.3 is 11.9 Å². The number of amides is 1. The van der Waals surface area contributed by atoms with Crippen molar-refractivity contribution in [1.29, 1.82) is 0 Å². The van der Waals surface area contributed by atoms with Crippen molar-refractivity contribution in [2.24, 2.45) is 15.7 Å². The Morgan fingerprint density at radius 1 is 1.04 bits per heavy atom. The lowest BCUT2D eigenvalue weighted by Gasteiger charge is -2.44. The zero-order valence-corrected chi connectivity index (χ0v) is 30.1. The second-order valence-electron chi connectivity index (χ2n) is 14.7. The molecule has 9 atom stereocenters. The maximum Gasteiger partial charge on any atom is 0.355 e. The minimum Gasteiger partial charge on any atom is -0.508 e. The highest BCUT2D eigenvalue weighted by Gasteiger charge is 2.56. The average Bonchev–Trinajstić information content (AvgIpc) is 3.91. The lowest BCUT2D eigenvalue weighted by Crippen LogP contribution is -2.67.